The first-order valence-corrected chi connectivity index (χ1v) is 9.29. The lowest BCUT2D eigenvalue weighted by Gasteiger charge is -2.24. The third-order valence-electron chi connectivity index (χ3n) is 5.00. The first kappa shape index (κ1) is 17.1. The molecule has 3 aromatic heterocycles. The summed E-state index contributed by atoms with van der Waals surface area (Å²) < 4.78 is 12.5. The van der Waals surface area contributed by atoms with Gasteiger partial charge < -0.3 is 14.8 Å². The average molecular weight is 380 g/mol. The van der Waals surface area contributed by atoms with E-state index in [0.717, 1.165) is 29.4 Å². The predicted octanol–water partition coefficient (Wildman–Crippen LogP) is 2.17. The number of anilines is 1. The lowest BCUT2D eigenvalue weighted by atomic mass is 10.1. The fourth-order valence-corrected chi connectivity index (χ4v) is 3.33. The number of rotatable bonds is 5. The van der Waals surface area contributed by atoms with Crippen LogP contribution in [0.2, 0.25) is 0 Å². The Morgan fingerprint density at radius 2 is 2.07 bits per heavy atom. The topological polar surface area (TPSA) is 104 Å². The van der Waals surface area contributed by atoms with Crippen LogP contribution in [0.4, 0.5) is 5.82 Å². The van der Waals surface area contributed by atoms with Gasteiger partial charge in [-0.3, -0.25) is 4.79 Å². The summed E-state index contributed by atoms with van der Waals surface area (Å²) in [6, 6.07) is 3.60. The summed E-state index contributed by atoms with van der Waals surface area (Å²) in [7, 11) is 1.59. The number of nitrogens with one attached hydrogen (secondary N) is 1. The molecular weight excluding hydrogens is 360 g/mol. The minimum atomic E-state index is -0.170. The summed E-state index contributed by atoms with van der Waals surface area (Å²) in [6.45, 7) is 2.67. The maximum Gasteiger partial charge on any atom is 0.222 e. The highest BCUT2D eigenvalue weighted by molar-refractivity contribution is 5.91. The molecule has 0 atom stereocenters. The quantitative estimate of drug-likeness (QED) is 0.723. The fraction of sp³-hybridized carbons (Fsp3) is 0.421. The Morgan fingerprint density at radius 1 is 1.25 bits per heavy atom. The zero-order valence-electron chi connectivity index (χ0n) is 15.7. The molecule has 1 aliphatic carbocycles. The Hall–Kier alpha value is -3.07. The summed E-state index contributed by atoms with van der Waals surface area (Å²) >= 11 is 0. The second-order valence-electron chi connectivity index (χ2n) is 7.20. The van der Waals surface area contributed by atoms with E-state index in [0.29, 0.717) is 42.5 Å². The maximum absolute atomic E-state index is 11.4. The van der Waals surface area contributed by atoms with Crippen molar-refractivity contribution in [3.05, 3.63) is 29.8 Å². The van der Waals surface area contributed by atoms with Gasteiger partial charge in [0.05, 0.1) is 37.5 Å². The Bertz CT molecular complexity index is 1070. The molecule has 2 aliphatic rings. The minimum Gasteiger partial charge on any atom is -0.481 e. The van der Waals surface area contributed by atoms with Crippen molar-refractivity contribution in [1.82, 2.24) is 24.7 Å². The first-order valence-electron chi connectivity index (χ1n) is 9.29. The first-order chi connectivity index (χ1) is 13.6. The van der Waals surface area contributed by atoms with E-state index in [1.807, 2.05) is 6.07 Å². The summed E-state index contributed by atoms with van der Waals surface area (Å²) in [6.07, 6.45) is 4.02. The molecule has 1 N–H and O–H groups in total. The van der Waals surface area contributed by atoms with Crippen molar-refractivity contribution in [2.24, 2.45) is 0 Å². The molecular formula is C19H20N6O3. The van der Waals surface area contributed by atoms with Crippen LogP contribution in [0.5, 0.6) is 5.88 Å². The number of hydrogen-bond acceptors (Lipinski definition) is 7. The second kappa shape index (κ2) is 6.52. The molecule has 4 heterocycles. The van der Waals surface area contributed by atoms with Gasteiger partial charge >= 0.3 is 0 Å². The summed E-state index contributed by atoms with van der Waals surface area (Å²) in [4.78, 5) is 25.0. The Kier molecular flexibility index (Phi) is 3.97. The highest BCUT2D eigenvalue weighted by atomic mass is 16.5. The van der Waals surface area contributed by atoms with Crippen molar-refractivity contribution in [3.63, 3.8) is 0 Å². The van der Waals surface area contributed by atoms with E-state index in [-0.39, 0.29) is 11.8 Å². The SMILES string of the molecule is COc1cc(-n2nc(C3CC3)c3cnc(NC(C)=O)cc32)nc(C2COC2)n1. The maximum atomic E-state index is 11.4. The fourth-order valence-electron chi connectivity index (χ4n) is 3.33. The molecule has 144 valence electrons. The van der Waals surface area contributed by atoms with Gasteiger partial charge in [-0.05, 0) is 12.8 Å². The lowest BCUT2D eigenvalue weighted by Crippen LogP contribution is -2.27. The number of aromatic nitrogens is 5. The van der Waals surface area contributed by atoms with Gasteiger partial charge in [-0.1, -0.05) is 0 Å². The normalized spacial score (nSPS) is 16.8. The Balaban J connectivity index is 1.67. The minimum absolute atomic E-state index is 0.162. The van der Waals surface area contributed by atoms with Crippen LogP contribution in [-0.4, -0.2) is 51.0 Å². The van der Waals surface area contributed by atoms with E-state index in [2.05, 4.69) is 15.3 Å². The van der Waals surface area contributed by atoms with Gasteiger partial charge in [0.1, 0.15) is 11.6 Å². The Morgan fingerprint density at radius 3 is 2.71 bits per heavy atom. The standard InChI is InChI=1S/C19H20N6O3/c1-10(26)21-15-5-14-13(7-20-15)18(11-3-4-11)24-25(14)16-6-17(27-2)23-19(22-16)12-8-28-9-12/h5-7,11-12H,3-4,8-9H2,1-2H3,(H,20,21,26). The summed E-state index contributed by atoms with van der Waals surface area (Å²) in [5.41, 5.74) is 1.86. The molecule has 0 bridgehead atoms. The number of carbonyl (C=O) groups is 1. The average Bonchev–Trinajstić information content (AvgIpc) is 3.40. The van der Waals surface area contributed by atoms with E-state index < -0.39 is 0 Å². The van der Waals surface area contributed by atoms with Crippen molar-refractivity contribution >= 4 is 22.6 Å². The number of amides is 1. The molecule has 1 aliphatic heterocycles. The summed E-state index contributed by atoms with van der Waals surface area (Å²) in [5.74, 6) is 2.72. The summed E-state index contributed by atoms with van der Waals surface area (Å²) in [5, 5.41) is 8.56. The third kappa shape index (κ3) is 2.97. The van der Waals surface area contributed by atoms with E-state index in [4.69, 9.17) is 19.6 Å². The predicted molar refractivity (Wildman–Crippen MR) is 101 cm³/mol. The van der Waals surface area contributed by atoms with Gasteiger partial charge in [0, 0.05) is 36.6 Å². The second-order valence-corrected chi connectivity index (χ2v) is 7.20. The zero-order valence-corrected chi connectivity index (χ0v) is 15.7. The van der Waals surface area contributed by atoms with E-state index in [1.165, 1.54) is 6.92 Å². The van der Waals surface area contributed by atoms with Crippen LogP contribution in [0.1, 0.15) is 43.1 Å². The number of pyridine rings is 1. The molecule has 28 heavy (non-hydrogen) atoms. The number of hydrogen-bond donors (Lipinski definition) is 1. The molecule has 0 aromatic carbocycles. The van der Waals surface area contributed by atoms with Gasteiger partial charge in [0.2, 0.25) is 11.8 Å². The smallest absolute Gasteiger partial charge is 0.222 e. The number of carbonyl (C=O) groups excluding carboxylic acids is 1. The van der Waals surface area contributed by atoms with Crippen LogP contribution in [0.25, 0.3) is 16.7 Å². The van der Waals surface area contributed by atoms with Crippen molar-refractivity contribution in [2.45, 2.75) is 31.6 Å². The molecule has 9 heteroatoms. The van der Waals surface area contributed by atoms with Gasteiger partial charge in [-0.25, -0.2) is 14.6 Å². The van der Waals surface area contributed by atoms with Gasteiger partial charge in [0.25, 0.3) is 0 Å². The molecule has 3 aromatic rings. The van der Waals surface area contributed by atoms with Crippen molar-refractivity contribution in [3.8, 4) is 11.7 Å². The van der Waals surface area contributed by atoms with Crippen LogP contribution >= 0.6 is 0 Å². The van der Waals surface area contributed by atoms with Crippen LogP contribution < -0.4 is 10.1 Å². The largest absolute Gasteiger partial charge is 0.481 e. The monoisotopic (exact) mass is 380 g/mol. The third-order valence-corrected chi connectivity index (χ3v) is 5.00. The molecule has 0 unspecified atom stereocenters. The number of methoxy groups -OCH3 is 1. The molecule has 1 saturated heterocycles. The number of fused-ring (bicyclic) bond motifs is 1. The van der Waals surface area contributed by atoms with Crippen LogP contribution in [0.15, 0.2) is 18.3 Å². The van der Waals surface area contributed by atoms with E-state index in [1.54, 1.807) is 24.1 Å². The van der Waals surface area contributed by atoms with Crippen molar-refractivity contribution in [2.75, 3.05) is 25.6 Å². The molecule has 9 nitrogen and oxygen atoms in total. The van der Waals surface area contributed by atoms with Crippen LogP contribution in [0.3, 0.4) is 0 Å². The molecule has 0 radical (unpaired) electrons. The van der Waals surface area contributed by atoms with Gasteiger partial charge in [-0.15, -0.1) is 0 Å². The molecule has 5 rings (SSSR count). The van der Waals surface area contributed by atoms with E-state index >= 15 is 0 Å². The van der Waals surface area contributed by atoms with E-state index in [9.17, 15) is 4.79 Å². The van der Waals surface area contributed by atoms with Crippen LogP contribution in [-0.2, 0) is 9.53 Å². The highest BCUT2D eigenvalue weighted by Gasteiger charge is 2.31. The number of nitrogens with zero attached hydrogens (tertiary/aromatic N) is 5. The Labute approximate surface area is 161 Å². The highest BCUT2D eigenvalue weighted by Crippen LogP contribution is 2.43. The zero-order chi connectivity index (χ0) is 19.3. The molecule has 2 fully saturated rings. The van der Waals surface area contributed by atoms with Gasteiger partial charge in [0.15, 0.2) is 5.82 Å². The molecule has 0 spiro atoms. The van der Waals surface area contributed by atoms with Crippen molar-refractivity contribution in [1.29, 1.82) is 0 Å². The van der Waals surface area contributed by atoms with Crippen molar-refractivity contribution < 1.29 is 14.3 Å². The molecule has 1 amide bonds. The van der Waals surface area contributed by atoms with Crippen LogP contribution in [0, 0.1) is 0 Å². The number of ether oxygens (including phenoxy) is 2. The van der Waals surface area contributed by atoms with Gasteiger partial charge in [-0.2, -0.15) is 10.1 Å². The lowest BCUT2D eigenvalue weighted by molar-refractivity contribution is -0.114. The molecule has 1 saturated carbocycles.